The Morgan fingerprint density at radius 3 is 2.58 bits per heavy atom. The topological polar surface area (TPSA) is 29.5 Å². The molecule has 0 bridgehead atoms. The summed E-state index contributed by atoms with van der Waals surface area (Å²) < 4.78 is 32.9. The molecule has 1 saturated heterocycles. The summed E-state index contributed by atoms with van der Waals surface area (Å²) in [6.45, 7) is 4.45. The molecule has 0 amide bonds. The van der Waals surface area contributed by atoms with Crippen molar-refractivity contribution < 1.29 is 18.6 Å². The first kappa shape index (κ1) is 14.4. The highest BCUT2D eigenvalue weighted by Gasteiger charge is 2.37. The number of aliphatic hydroxyl groups is 1. The Labute approximate surface area is 112 Å². The highest BCUT2D eigenvalue weighted by atomic mass is 19.1. The van der Waals surface area contributed by atoms with Crippen LogP contribution >= 0.6 is 0 Å². The van der Waals surface area contributed by atoms with Crippen LogP contribution < -0.4 is 0 Å². The van der Waals surface area contributed by atoms with E-state index in [1.54, 1.807) is 0 Å². The van der Waals surface area contributed by atoms with Gasteiger partial charge < -0.3 is 9.84 Å². The number of hydrogen-bond donors (Lipinski definition) is 1. The van der Waals surface area contributed by atoms with Crippen LogP contribution in [0.4, 0.5) is 8.78 Å². The Kier molecular flexibility index (Phi) is 4.21. The lowest BCUT2D eigenvalue weighted by molar-refractivity contribution is -0.116. The largest absolute Gasteiger partial charge is 0.389 e. The minimum atomic E-state index is -1.09. The molecule has 0 radical (unpaired) electrons. The van der Waals surface area contributed by atoms with Gasteiger partial charge in [-0.05, 0) is 24.5 Å². The fourth-order valence-electron chi connectivity index (χ4n) is 2.55. The van der Waals surface area contributed by atoms with Gasteiger partial charge in [0.05, 0.1) is 11.7 Å². The van der Waals surface area contributed by atoms with Gasteiger partial charge in [-0.15, -0.1) is 0 Å². The molecule has 4 heteroatoms. The van der Waals surface area contributed by atoms with Crippen molar-refractivity contribution in [1.29, 1.82) is 0 Å². The van der Waals surface area contributed by atoms with Gasteiger partial charge in [-0.3, -0.25) is 0 Å². The zero-order valence-corrected chi connectivity index (χ0v) is 11.3. The van der Waals surface area contributed by atoms with Crippen molar-refractivity contribution >= 4 is 0 Å². The first-order valence-corrected chi connectivity index (χ1v) is 6.68. The molecule has 2 unspecified atom stereocenters. The van der Waals surface area contributed by atoms with Gasteiger partial charge in [0.1, 0.15) is 11.6 Å². The summed E-state index contributed by atoms with van der Waals surface area (Å²) in [5.41, 5.74) is -1.12. The lowest BCUT2D eigenvalue weighted by atomic mass is 9.81. The molecule has 0 aromatic heterocycles. The van der Waals surface area contributed by atoms with Crippen LogP contribution in [0.25, 0.3) is 0 Å². The summed E-state index contributed by atoms with van der Waals surface area (Å²) >= 11 is 0. The molecule has 1 N–H and O–H groups in total. The van der Waals surface area contributed by atoms with Crippen molar-refractivity contribution in [2.75, 3.05) is 6.61 Å². The standard InChI is InChI=1S/C15H20F2O2/c1-10(2)14-9-15(18,6-7-19-14)8-11-12(16)4-3-5-13(11)17/h3-5,10,14,18H,6-9H2,1-2H3. The molecule has 1 heterocycles. The average molecular weight is 270 g/mol. The fourth-order valence-corrected chi connectivity index (χ4v) is 2.55. The fraction of sp³-hybridized carbons (Fsp3) is 0.600. The van der Waals surface area contributed by atoms with Crippen LogP contribution in [0, 0.1) is 17.6 Å². The highest BCUT2D eigenvalue weighted by Crippen LogP contribution is 2.32. The van der Waals surface area contributed by atoms with Crippen molar-refractivity contribution in [1.82, 2.24) is 0 Å². The van der Waals surface area contributed by atoms with E-state index >= 15 is 0 Å². The average Bonchev–Trinajstić information content (AvgIpc) is 2.34. The van der Waals surface area contributed by atoms with Gasteiger partial charge in [0.25, 0.3) is 0 Å². The van der Waals surface area contributed by atoms with Gasteiger partial charge in [0, 0.05) is 25.0 Å². The van der Waals surface area contributed by atoms with Crippen LogP contribution in [0.3, 0.4) is 0 Å². The van der Waals surface area contributed by atoms with Gasteiger partial charge in [-0.1, -0.05) is 19.9 Å². The molecule has 0 spiro atoms. The third kappa shape index (κ3) is 3.31. The Morgan fingerprint density at radius 1 is 1.37 bits per heavy atom. The van der Waals surface area contributed by atoms with Gasteiger partial charge in [0.2, 0.25) is 0 Å². The van der Waals surface area contributed by atoms with E-state index in [9.17, 15) is 13.9 Å². The lowest BCUT2D eigenvalue weighted by Crippen LogP contribution is -2.44. The molecule has 2 nitrogen and oxygen atoms in total. The van der Waals surface area contributed by atoms with Crippen LogP contribution in [0.1, 0.15) is 32.3 Å². The third-order valence-corrected chi connectivity index (χ3v) is 3.79. The molecule has 1 aliphatic heterocycles. The van der Waals surface area contributed by atoms with E-state index < -0.39 is 17.2 Å². The zero-order valence-electron chi connectivity index (χ0n) is 11.3. The van der Waals surface area contributed by atoms with E-state index in [2.05, 4.69) is 0 Å². The number of halogens is 2. The van der Waals surface area contributed by atoms with Gasteiger partial charge in [-0.25, -0.2) is 8.78 Å². The first-order chi connectivity index (χ1) is 8.91. The summed E-state index contributed by atoms with van der Waals surface area (Å²) in [6, 6.07) is 3.78. The number of ether oxygens (including phenoxy) is 1. The minimum Gasteiger partial charge on any atom is -0.389 e. The maximum absolute atomic E-state index is 13.6. The second-order valence-corrected chi connectivity index (χ2v) is 5.71. The van der Waals surface area contributed by atoms with Crippen LogP contribution in [0.5, 0.6) is 0 Å². The first-order valence-electron chi connectivity index (χ1n) is 6.68. The second-order valence-electron chi connectivity index (χ2n) is 5.71. The smallest absolute Gasteiger partial charge is 0.129 e. The molecule has 106 valence electrons. The van der Waals surface area contributed by atoms with Crippen LogP contribution in [-0.2, 0) is 11.2 Å². The predicted molar refractivity (Wildman–Crippen MR) is 68.8 cm³/mol. The van der Waals surface area contributed by atoms with Crippen molar-refractivity contribution in [3.8, 4) is 0 Å². The van der Waals surface area contributed by atoms with E-state index in [0.717, 1.165) is 0 Å². The number of rotatable bonds is 3. The van der Waals surface area contributed by atoms with Crippen LogP contribution in [-0.4, -0.2) is 23.4 Å². The molecule has 0 aliphatic carbocycles. The van der Waals surface area contributed by atoms with Gasteiger partial charge in [-0.2, -0.15) is 0 Å². The van der Waals surface area contributed by atoms with Crippen LogP contribution in [0.2, 0.25) is 0 Å². The van der Waals surface area contributed by atoms with Crippen LogP contribution in [0.15, 0.2) is 18.2 Å². The Hall–Kier alpha value is -1.00. The minimum absolute atomic E-state index is 0.00190. The lowest BCUT2D eigenvalue weighted by Gasteiger charge is -2.38. The molecule has 2 atom stereocenters. The highest BCUT2D eigenvalue weighted by molar-refractivity contribution is 5.22. The van der Waals surface area contributed by atoms with Crippen molar-refractivity contribution in [3.05, 3.63) is 35.4 Å². The maximum Gasteiger partial charge on any atom is 0.129 e. The zero-order chi connectivity index (χ0) is 14.0. The van der Waals surface area contributed by atoms with E-state index in [1.165, 1.54) is 18.2 Å². The molecule has 1 aromatic rings. The molecule has 19 heavy (non-hydrogen) atoms. The van der Waals surface area contributed by atoms with Crippen molar-refractivity contribution in [2.24, 2.45) is 5.92 Å². The molecule has 2 rings (SSSR count). The summed E-state index contributed by atoms with van der Waals surface area (Å²) in [5.74, 6) is -0.917. The number of benzene rings is 1. The summed E-state index contributed by atoms with van der Waals surface area (Å²) in [5, 5.41) is 10.6. The summed E-state index contributed by atoms with van der Waals surface area (Å²) in [4.78, 5) is 0. The van der Waals surface area contributed by atoms with Crippen molar-refractivity contribution in [3.63, 3.8) is 0 Å². The molecule has 0 saturated carbocycles. The van der Waals surface area contributed by atoms with E-state index in [4.69, 9.17) is 4.74 Å². The molecule has 1 fully saturated rings. The predicted octanol–water partition coefficient (Wildman–Crippen LogP) is 3.07. The van der Waals surface area contributed by atoms with E-state index in [-0.39, 0.29) is 24.0 Å². The summed E-state index contributed by atoms with van der Waals surface area (Å²) in [6.07, 6.45) is 0.758. The maximum atomic E-state index is 13.6. The Balaban J connectivity index is 2.17. The molecular formula is C15H20F2O2. The second kappa shape index (κ2) is 5.55. The molecule has 1 aliphatic rings. The third-order valence-electron chi connectivity index (χ3n) is 3.79. The number of hydrogen-bond acceptors (Lipinski definition) is 2. The Bertz CT molecular complexity index is 428. The normalized spacial score (nSPS) is 27.8. The quantitative estimate of drug-likeness (QED) is 0.914. The summed E-state index contributed by atoms with van der Waals surface area (Å²) in [7, 11) is 0. The van der Waals surface area contributed by atoms with Crippen molar-refractivity contribution in [2.45, 2.75) is 44.8 Å². The molecule has 1 aromatic carbocycles. The van der Waals surface area contributed by atoms with E-state index in [0.29, 0.717) is 19.4 Å². The Morgan fingerprint density at radius 2 is 2.00 bits per heavy atom. The van der Waals surface area contributed by atoms with E-state index in [1.807, 2.05) is 13.8 Å². The monoisotopic (exact) mass is 270 g/mol. The molecular weight excluding hydrogens is 250 g/mol. The SMILES string of the molecule is CC(C)C1CC(O)(Cc2c(F)cccc2F)CCO1. The van der Waals surface area contributed by atoms with Gasteiger partial charge >= 0.3 is 0 Å². The van der Waals surface area contributed by atoms with Gasteiger partial charge in [0.15, 0.2) is 0 Å².